The Labute approximate surface area is 486 Å². The quantitative estimate of drug-likeness (QED) is 0.0234. The third-order valence-electron chi connectivity index (χ3n) is 16.7. The zero-order valence-corrected chi connectivity index (χ0v) is 50.3. The van der Waals surface area contributed by atoms with Crippen LogP contribution in [0.4, 0.5) is 0 Å². The summed E-state index contributed by atoms with van der Waals surface area (Å²) < 4.78 is 35.3. The van der Waals surface area contributed by atoms with Gasteiger partial charge in [-0.25, -0.2) is 0 Å². The lowest BCUT2D eigenvalue weighted by Crippen LogP contribution is -2.68. The first-order valence-corrected chi connectivity index (χ1v) is 32.2. The Kier molecular flexibility index (Phi) is 39.1. The summed E-state index contributed by atoms with van der Waals surface area (Å²) in [7, 11) is 0. The first-order valence-electron chi connectivity index (χ1n) is 32.2. The lowest BCUT2D eigenvalue weighted by atomic mass is 9.87. The Morgan fingerprint density at radius 1 is 0.617 bits per heavy atom. The van der Waals surface area contributed by atoms with Gasteiger partial charge >= 0.3 is 0 Å². The van der Waals surface area contributed by atoms with E-state index in [-0.39, 0.29) is 12.5 Å². The van der Waals surface area contributed by atoms with Crippen molar-refractivity contribution >= 4 is 11.8 Å². The fourth-order valence-corrected chi connectivity index (χ4v) is 11.4. The molecule has 0 radical (unpaired) electrons. The van der Waals surface area contributed by atoms with E-state index in [1.165, 1.54) is 162 Å². The highest BCUT2D eigenvalue weighted by atomic mass is 16.8. The highest BCUT2D eigenvalue weighted by Crippen LogP contribution is 2.36. The van der Waals surface area contributed by atoms with Gasteiger partial charge in [-0.3, -0.25) is 9.59 Å². The molecular weight excluding hydrogens is 1050 g/mol. The molecule has 0 spiro atoms. The van der Waals surface area contributed by atoms with Crippen molar-refractivity contribution in [3.63, 3.8) is 0 Å². The highest BCUT2D eigenvalue weighted by Gasteiger charge is 2.53. The van der Waals surface area contributed by atoms with Crippen LogP contribution < -0.4 is 10.6 Å². The number of hydrogen-bond donors (Lipinski definition) is 12. The second-order valence-electron chi connectivity index (χ2n) is 23.9. The molecule has 20 heteroatoms. The van der Waals surface area contributed by atoms with Gasteiger partial charge in [0.2, 0.25) is 11.8 Å². The number of amides is 2. The van der Waals surface area contributed by atoms with Crippen LogP contribution in [-0.2, 0) is 38.0 Å². The molecule has 478 valence electrons. The zero-order chi connectivity index (χ0) is 59.4. The van der Waals surface area contributed by atoms with Crippen LogP contribution >= 0.6 is 0 Å². The molecule has 0 saturated carbocycles. The maximum Gasteiger partial charge on any atom is 0.283 e. The zero-order valence-electron chi connectivity index (χ0n) is 50.3. The summed E-state index contributed by atoms with van der Waals surface area (Å²) in [5, 5.41) is 113. The average molecular weight is 1170 g/mol. The number of carbonyl (C=O) groups is 2. The van der Waals surface area contributed by atoms with Crippen molar-refractivity contribution in [1.82, 2.24) is 10.6 Å². The first kappa shape index (κ1) is 73.6. The van der Waals surface area contributed by atoms with Crippen molar-refractivity contribution in [2.24, 2.45) is 5.92 Å². The van der Waals surface area contributed by atoms with E-state index in [9.17, 15) is 60.7 Å². The van der Waals surface area contributed by atoms with E-state index in [0.29, 0.717) is 12.8 Å². The number of hydrogen-bond acceptors (Lipinski definition) is 18. The molecule has 12 N–H and O–H groups in total. The molecule has 6 unspecified atom stereocenters. The molecule has 3 aliphatic heterocycles. The van der Waals surface area contributed by atoms with Crippen LogP contribution in [0.3, 0.4) is 0 Å². The van der Waals surface area contributed by atoms with E-state index >= 15 is 0 Å². The van der Waals surface area contributed by atoms with Crippen LogP contribution in [0, 0.1) is 5.92 Å². The van der Waals surface area contributed by atoms with Gasteiger partial charge in [0.1, 0.15) is 61.0 Å². The van der Waals surface area contributed by atoms with Gasteiger partial charge in [0.25, 0.3) is 5.97 Å². The number of aliphatic hydroxyl groups excluding tert-OH is 9. The van der Waals surface area contributed by atoms with Crippen LogP contribution in [0.5, 0.6) is 0 Å². The molecule has 0 aliphatic carbocycles. The molecule has 17 atom stereocenters. The van der Waals surface area contributed by atoms with Crippen LogP contribution in [-0.4, -0.2) is 187 Å². The fraction of sp³-hybridized carbons (Fsp3) is 0.967. The maximum absolute atomic E-state index is 13.4. The third kappa shape index (κ3) is 28.6. The minimum Gasteiger partial charge on any atom is -0.394 e. The molecule has 3 aliphatic rings. The van der Waals surface area contributed by atoms with Gasteiger partial charge < -0.3 is 90.1 Å². The van der Waals surface area contributed by atoms with Gasteiger partial charge in [0.15, 0.2) is 12.6 Å². The molecular formula is C61H116N2O18. The van der Waals surface area contributed by atoms with Crippen molar-refractivity contribution in [3.8, 4) is 0 Å². The van der Waals surface area contributed by atoms with Crippen LogP contribution in [0.25, 0.3) is 0 Å². The Morgan fingerprint density at radius 3 is 1.56 bits per heavy atom. The number of rotatable bonds is 47. The lowest BCUT2D eigenvalue weighted by molar-refractivity contribution is -0.427. The van der Waals surface area contributed by atoms with Gasteiger partial charge in [0.05, 0.1) is 51.1 Å². The van der Waals surface area contributed by atoms with Gasteiger partial charge in [-0.15, -0.1) is 0 Å². The average Bonchev–Trinajstić information content (AvgIpc) is 3.57. The Hall–Kier alpha value is -1.70. The van der Waals surface area contributed by atoms with Crippen molar-refractivity contribution in [1.29, 1.82) is 0 Å². The standard InChI is InChI=1S/C61H116N2O18/c1-5-7-9-11-13-15-17-18-19-20-21-22-23-24-25-26-27-29-31-33-35-37-50(69)63-45(36-34-32-30-28-16-14-12-10-8-6-2)41-76-59-51(62-44(4)66)54(72)58(48(40-65)78-59)80-60-56(74)55(73)53(71)49(79-60)42-77-61(75)38-46(67)43(3)57(81-61)52(70)47(68)39-64/h43,45-49,51-60,64-65,67-68,70-75H,5-42H2,1-4H3,(H,62,66)(H,63,69)/t43-,45?,46-,47-,48?,49?,51?,52-,53+,54+,55+,56?,57?,58-,59-,60+,61-/m1/s1. The SMILES string of the molecule is CCCCCCCCCCCCCCCCCCCCCCCC(=O)NC(CCCCCCCCCCCC)CO[C@@H]1OC(CO)[C@@H](O[C@@H]2OC(CO[C@]3(O)C[C@@H](O)[C@@H](C)C([C@H](O)[C@H](O)CO)O3)[C@H](O)[C@H](O)C2O)[C@@H](O)C1NC(C)=O. The van der Waals surface area contributed by atoms with Crippen LogP contribution in [0.2, 0.25) is 0 Å². The van der Waals surface area contributed by atoms with E-state index in [1.54, 1.807) is 0 Å². The number of unbranched alkanes of at least 4 members (excludes halogenated alkanes) is 29. The summed E-state index contributed by atoms with van der Waals surface area (Å²) in [5.74, 6) is -4.11. The summed E-state index contributed by atoms with van der Waals surface area (Å²) in [5.41, 5.74) is 0. The monoisotopic (exact) mass is 1160 g/mol. The minimum atomic E-state index is -2.62. The number of aliphatic hydroxyl groups is 10. The number of carbonyl (C=O) groups excluding carboxylic acids is 2. The summed E-state index contributed by atoms with van der Waals surface area (Å²) >= 11 is 0. The van der Waals surface area contributed by atoms with Crippen molar-refractivity contribution < 1.29 is 89.1 Å². The Morgan fingerprint density at radius 2 is 1.09 bits per heavy atom. The smallest absolute Gasteiger partial charge is 0.283 e. The molecule has 3 rings (SSSR count). The molecule has 3 heterocycles. The molecule has 3 saturated heterocycles. The molecule has 0 bridgehead atoms. The third-order valence-corrected chi connectivity index (χ3v) is 16.7. The summed E-state index contributed by atoms with van der Waals surface area (Å²) in [4.78, 5) is 26.0. The first-order chi connectivity index (χ1) is 39.0. The van der Waals surface area contributed by atoms with Crippen molar-refractivity contribution in [2.45, 2.75) is 344 Å². The molecule has 0 aromatic heterocycles. The fourth-order valence-electron chi connectivity index (χ4n) is 11.4. The minimum absolute atomic E-state index is 0.0381. The summed E-state index contributed by atoms with van der Waals surface area (Å²) in [6.45, 7) is 4.80. The largest absolute Gasteiger partial charge is 0.394 e. The van der Waals surface area contributed by atoms with E-state index < -0.39 is 136 Å². The van der Waals surface area contributed by atoms with Gasteiger partial charge in [-0.1, -0.05) is 213 Å². The number of ether oxygens (including phenoxy) is 6. The van der Waals surface area contributed by atoms with Gasteiger partial charge in [0, 0.05) is 19.3 Å². The Bertz CT molecular complexity index is 1590. The predicted octanol–water partition coefficient (Wildman–Crippen LogP) is 6.34. The van der Waals surface area contributed by atoms with Gasteiger partial charge in [-0.05, 0) is 12.8 Å². The van der Waals surface area contributed by atoms with Crippen LogP contribution in [0.1, 0.15) is 246 Å². The molecule has 0 aromatic rings. The molecule has 3 fully saturated rings. The predicted molar refractivity (Wildman–Crippen MR) is 307 cm³/mol. The van der Waals surface area contributed by atoms with Crippen molar-refractivity contribution in [2.75, 3.05) is 26.4 Å². The van der Waals surface area contributed by atoms with E-state index in [1.807, 2.05) is 0 Å². The molecule has 81 heavy (non-hydrogen) atoms. The van der Waals surface area contributed by atoms with Crippen molar-refractivity contribution in [3.05, 3.63) is 0 Å². The second kappa shape index (κ2) is 43.0. The van der Waals surface area contributed by atoms with E-state index in [0.717, 1.165) is 51.4 Å². The van der Waals surface area contributed by atoms with E-state index in [4.69, 9.17) is 28.4 Å². The van der Waals surface area contributed by atoms with E-state index in [2.05, 4.69) is 24.5 Å². The Balaban J connectivity index is 1.52. The summed E-state index contributed by atoms with van der Waals surface area (Å²) in [6, 6.07) is -1.73. The number of nitrogens with one attached hydrogen (secondary N) is 2. The highest BCUT2D eigenvalue weighted by molar-refractivity contribution is 5.76. The topological polar surface area (TPSA) is 316 Å². The lowest BCUT2D eigenvalue weighted by Gasteiger charge is -2.48. The molecule has 20 nitrogen and oxygen atoms in total. The maximum atomic E-state index is 13.4. The molecule has 2 amide bonds. The second-order valence-corrected chi connectivity index (χ2v) is 23.9. The summed E-state index contributed by atoms with van der Waals surface area (Å²) in [6.07, 6.45) is 17.6. The normalized spacial score (nSPS) is 30.0. The van der Waals surface area contributed by atoms with Crippen LogP contribution in [0.15, 0.2) is 0 Å². The van der Waals surface area contributed by atoms with Gasteiger partial charge in [-0.2, -0.15) is 0 Å². The molecule has 0 aromatic carbocycles.